The molecule has 1 N–H and O–H groups in total. The number of thioether (sulfide) groups is 1. The largest absolute Gasteiger partial charge is 0.481 e. The number of carboxylic acid groups (broad SMARTS) is 1. The maximum atomic E-state index is 10.4. The summed E-state index contributed by atoms with van der Waals surface area (Å²) in [5, 5.41) is 17.2. The van der Waals surface area contributed by atoms with Crippen LogP contribution in [-0.2, 0) is 4.79 Å². The molecule has 0 fully saturated rings. The first-order valence-corrected chi connectivity index (χ1v) is 6.45. The maximum Gasteiger partial charge on any atom is 0.304 e. The Balaban J connectivity index is 2.04. The van der Waals surface area contributed by atoms with Crippen LogP contribution in [0.3, 0.4) is 0 Å². The second kappa shape index (κ2) is 5.88. The summed E-state index contributed by atoms with van der Waals surface area (Å²) in [6.07, 6.45) is 0.0551. The quantitative estimate of drug-likeness (QED) is 0.851. The van der Waals surface area contributed by atoms with Crippen molar-refractivity contribution in [3.05, 3.63) is 29.3 Å². The molecule has 0 aliphatic carbocycles. The van der Waals surface area contributed by atoms with Crippen LogP contribution in [0.5, 0.6) is 0 Å². The molecule has 5 nitrogen and oxygen atoms in total. The zero-order valence-electron chi connectivity index (χ0n) is 9.17. The number of carboxylic acids is 1. The molecule has 0 atom stereocenters. The summed E-state index contributed by atoms with van der Waals surface area (Å²) in [7, 11) is 0. The number of carbonyl (C=O) groups is 1. The van der Waals surface area contributed by atoms with Crippen molar-refractivity contribution in [1.29, 1.82) is 0 Å². The minimum Gasteiger partial charge on any atom is -0.481 e. The molecule has 1 aromatic carbocycles. The zero-order valence-corrected chi connectivity index (χ0v) is 10.7. The lowest BCUT2D eigenvalue weighted by molar-refractivity contribution is -0.136. The number of hydrogen-bond donors (Lipinski definition) is 1. The number of aliphatic carboxylic acids is 1. The standard InChI is InChI=1S/C11H9ClN2O3S/c12-8-3-1-2-7(6-8)10-13-14-11(17-10)18-5-4-9(15)16/h1-3,6H,4-5H2,(H,15,16). The Labute approximate surface area is 112 Å². The average molecular weight is 285 g/mol. The highest BCUT2D eigenvalue weighted by Crippen LogP contribution is 2.25. The molecule has 1 aromatic heterocycles. The van der Waals surface area contributed by atoms with E-state index in [9.17, 15) is 4.79 Å². The number of hydrogen-bond acceptors (Lipinski definition) is 5. The van der Waals surface area contributed by atoms with Crippen LogP contribution < -0.4 is 0 Å². The van der Waals surface area contributed by atoms with Gasteiger partial charge in [0.2, 0.25) is 5.89 Å². The number of aromatic nitrogens is 2. The van der Waals surface area contributed by atoms with Crippen molar-refractivity contribution < 1.29 is 14.3 Å². The van der Waals surface area contributed by atoms with Gasteiger partial charge in [-0.3, -0.25) is 4.79 Å². The Morgan fingerprint density at radius 2 is 2.28 bits per heavy atom. The van der Waals surface area contributed by atoms with Gasteiger partial charge in [-0.2, -0.15) is 0 Å². The fourth-order valence-electron chi connectivity index (χ4n) is 1.23. The van der Waals surface area contributed by atoms with Gasteiger partial charge in [-0.1, -0.05) is 29.4 Å². The number of nitrogens with zero attached hydrogens (tertiary/aromatic N) is 2. The summed E-state index contributed by atoms with van der Waals surface area (Å²) in [6, 6.07) is 7.08. The Morgan fingerprint density at radius 1 is 1.44 bits per heavy atom. The molecule has 0 spiro atoms. The maximum absolute atomic E-state index is 10.4. The summed E-state index contributed by atoms with van der Waals surface area (Å²) in [6.45, 7) is 0. The van der Waals surface area contributed by atoms with Crippen LogP contribution >= 0.6 is 23.4 Å². The van der Waals surface area contributed by atoms with Crippen LogP contribution in [-0.4, -0.2) is 27.0 Å². The molecule has 18 heavy (non-hydrogen) atoms. The predicted octanol–water partition coefficient (Wildman–Crippen LogP) is 2.96. The highest BCUT2D eigenvalue weighted by atomic mass is 35.5. The minimum absolute atomic E-state index is 0.0551. The van der Waals surface area contributed by atoms with Crippen LogP contribution in [0, 0.1) is 0 Å². The average Bonchev–Trinajstić information content (AvgIpc) is 2.77. The van der Waals surface area contributed by atoms with E-state index in [1.807, 2.05) is 6.07 Å². The van der Waals surface area contributed by atoms with E-state index in [0.29, 0.717) is 21.9 Å². The van der Waals surface area contributed by atoms with E-state index in [4.69, 9.17) is 21.1 Å². The monoisotopic (exact) mass is 284 g/mol. The molecule has 2 aromatic rings. The van der Waals surface area contributed by atoms with Gasteiger partial charge >= 0.3 is 5.97 Å². The molecule has 0 saturated heterocycles. The normalized spacial score (nSPS) is 10.5. The fraction of sp³-hybridized carbons (Fsp3) is 0.182. The Morgan fingerprint density at radius 3 is 3.00 bits per heavy atom. The van der Waals surface area contributed by atoms with Crippen molar-refractivity contribution in [3.8, 4) is 11.5 Å². The van der Waals surface area contributed by atoms with Gasteiger partial charge in [-0.05, 0) is 18.2 Å². The van der Waals surface area contributed by atoms with Crippen LogP contribution in [0.1, 0.15) is 6.42 Å². The first kappa shape index (κ1) is 12.9. The van der Waals surface area contributed by atoms with Gasteiger partial charge in [0, 0.05) is 16.3 Å². The van der Waals surface area contributed by atoms with E-state index in [-0.39, 0.29) is 6.42 Å². The van der Waals surface area contributed by atoms with Gasteiger partial charge in [-0.15, -0.1) is 10.2 Å². The molecule has 0 bridgehead atoms. The molecule has 7 heteroatoms. The van der Waals surface area contributed by atoms with Gasteiger partial charge in [0.25, 0.3) is 5.22 Å². The first-order valence-electron chi connectivity index (χ1n) is 5.09. The fourth-order valence-corrected chi connectivity index (χ4v) is 2.11. The van der Waals surface area contributed by atoms with E-state index in [1.54, 1.807) is 18.2 Å². The van der Waals surface area contributed by atoms with E-state index in [2.05, 4.69) is 10.2 Å². The molecular weight excluding hydrogens is 276 g/mol. The molecule has 0 amide bonds. The van der Waals surface area contributed by atoms with Crippen molar-refractivity contribution in [3.63, 3.8) is 0 Å². The molecule has 0 unspecified atom stereocenters. The summed E-state index contributed by atoms with van der Waals surface area (Å²) in [5.74, 6) is -0.0839. The summed E-state index contributed by atoms with van der Waals surface area (Å²) >= 11 is 7.07. The van der Waals surface area contributed by atoms with Crippen molar-refractivity contribution in [2.45, 2.75) is 11.6 Å². The lowest BCUT2D eigenvalue weighted by Crippen LogP contribution is -1.95. The topological polar surface area (TPSA) is 76.2 Å². The molecule has 0 saturated carbocycles. The molecule has 1 heterocycles. The smallest absolute Gasteiger partial charge is 0.304 e. The third-order valence-corrected chi connectivity index (χ3v) is 3.07. The van der Waals surface area contributed by atoms with Gasteiger partial charge in [0.15, 0.2) is 0 Å². The van der Waals surface area contributed by atoms with Gasteiger partial charge in [0.1, 0.15) is 0 Å². The summed E-state index contributed by atoms with van der Waals surface area (Å²) in [4.78, 5) is 10.4. The van der Waals surface area contributed by atoms with Crippen molar-refractivity contribution in [2.24, 2.45) is 0 Å². The minimum atomic E-state index is -0.850. The van der Waals surface area contributed by atoms with E-state index >= 15 is 0 Å². The van der Waals surface area contributed by atoms with E-state index in [1.165, 1.54) is 11.8 Å². The lowest BCUT2D eigenvalue weighted by Gasteiger charge is -1.95. The van der Waals surface area contributed by atoms with Gasteiger partial charge < -0.3 is 9.52 Å². The highest BCUT2D eigenvalue weighted by molar-refractivity contribution is 7.99. The van der Waals surface area contributed by atoms with Gasteiger partial charge in [0.05, 0.1) is 6.42 Å². The van der Waals surface area contributed by atoms with Crippen LogP contribution in [0.25, 0.3) is 11.5 Å². The highest BCUT2D eigenvalue weighted by Gasteiger charge is 2.09. The predicted molar refractivity (Wildman–Crippen MR) is 67.7 cm³/mol. The Hall–Kier alpha value is -1.53. The third kappa shape index (κ3) is 3.48. The summed E-state index contributed by atoms with van der Waals surface area (Å²) < 4.78 is 5.40. The molecular formula is C11H9ClN2O3S. The Kier molecular flexibility index (Phi) is 4.22. The van der Waals surface area contributed by atoms with Crippen molar-refractivity contribution in [2.75, 3.05) is 5.75 Å². The van der Waals surface area contributed by atoms with Gasteiger partial charge in [-0.25, -0.2) is 0 Å². The molecule has 0 radical (unpaired) electrons. The van der Waals surface area contributed by atoms with E-state index in [0.717, 1.165) is 5.56 Å². The number of benzene rings is 1. The zero-order chi connectivity index (χ0) is 13.0. The Bertz CT molecular complexity index is 559. The van der Waals surface area contributed by atoms with Crippen molar-refractivity contribution in [1.82, 2.24) is 10.2 Å². The molecule has 0 aliphatic rings. The number of halogens is 1. The molecule has 0 aliphatic heterocycles. The third-order valence-electron chi connectivity index (χ3n) is 2.02. The molecule has 94 valence electrons. The molecule has 2 rings (SSSR count). The second-order valence-electron chi connectivity index (χ2n) is 3.38. The van der Waals surface area contributed by atoms with Crippen molar-refractivity contribution >= 4 is 29.3 Å². The second-order valence-corrected chi connectivity index (χ2v) is 4.86. The summed E-state index contributed by atoms with van der Waals surface area (Å²) in [5.41, 5.74) is 0.736. The SMILES string of the molecule is O=C(O)CCSc1nnc(-c2cccc(Cl)c2)o1. The van der Waals surface area contributed by atoms with Crippen LogP contribution in [0.2, 0.25) is 5.02 Å². The lowest BCUT2D eigenvalue weighted by atomic mass is 10.2. The van der Waals surface area contributed by atoms with Crippen LogP contribution in [0.4, 0.5) is 0 Å². The first-order chi connectivity index (χ1) is 8.65. The van der Waals surface area contributed by atoms with E-state index < -0.39 is 5.97 Å². The van der Waals surface area contributed by atoms with Crippen LogP contribution in [0.15, 0.2) is 33.9 Å². The number of rotatable bonds is 5.